The van der Waals surface area contributed by atoms with Crippen LogP contribution in [-0.4, -0.2) is 5.88 Å². The van der Waals surface area contributed by atoms with E-state index in [1.807, 2.05) is 39.3 Å². The highest BCUT2D eigenvalue weighted by atomic mass is 32.2. The van der Waals surface area contributed by atoms with Crippen LogP contribution in [0.15, 0.2) is 11.6 Å². The van der Waals surface area contributed by atoms with E-state index in [-0.39, 0.29) is 0 Å². The number of nitrogens with one attached hydrogen (secondary N) is 1. The van der Waals surface area contributed by atoms with Gasteiger partial charge in [-0.05, 0) is 5.41 Å². The Morgan fingerprint density at radius 3 is 1.89 bits per heavy atom. The fraction of sp³-hybridized carbons (Fsp3) is 0.714. The maximum absolute atomic E-state index is 3.00. The van der Waals surface area contributed by atoms with Crippen molar-refractivity contribution in [1.82, 2.24) is 5.32 Å². The molecular weight excluding hydrogens is 130 g/mol. The Hall–Kier alpha value is -0.110. The second kappa shape index (κ2) is 15.7. The molecular formula is C7H17NS. The summed E-state index contributed by atoms with van der Waals surface area (Å²) in [6.07, 6.45) is 1.95. The van der Waals surface area contributed by atoms with Gasteiger partial charge < -0.3 is 5.32 Å². The van der Waals surface area contributed by atoms with E-state index in [1.165, 1.54) is 0 Å². The first-order valence-corrected chi connectivity index (χ1v) is 4.55. The van der Waals surface area contributed by atoms with E-state index >= 15 is 0 Å². The summed E-state index contributed by atoms with van der Waals surface area (Å²) in [5, 5.41) is 5.05. The van der Waals surface area contributed by atoms with Crippen LogP contribution in [0.25, 0.3) is 0 Å². The zero-order chi connectivity index (χ0) is 7.54. The van der Waals surface area contributed by atoms with Crippen molar-refractivity contribution in [2.24, 2.45) is 0 Å². The fourth-order valence-corrected chi connectivity index (χ4v) is 0.722. The summed E-state index contributed by atoms with van der Waals surface area (Å²) in [4.78, 5) is 0. The van der Waals surface area contributed by atoms with Gasteiger partial charge in [-0.1, -0.05) is 27.7 Å². The van der Waals surface area contributed by atoms with Crippen molar-refractivity contribution in [2.45, 2.75) is 27.7 Å². The molecule has 0 aromatic carbocycles. The van der Waals surface area contributed by atoms with Crippen LogP contribution in [0.5, 0.6) is 0 Å². The average molecular weight is 147 g/mol. The molecule has 0 atom stereocenters. The molecule has 1 heterocycles. The highest BCUT2D eigenvalue weighted by molar-refractivity contribution is 8.02. The number of hydrogen-bond donors (Lipinski definition) is 1. The Labute approximate surface area is 62.9 Å². The lowest BCUT2D eigenvalue weighted by atomic mass is 11.0. The zero-order valence-corrected chi connectivity index (χ0v) is 7.59. The molecule has 0 spiro atoms. The van der Waals surface area contributed by atoms with Gasteiger partial charge >= 0.3 is 0 Å². The van der Waals surface area contributed by atoms with Crippen molar-refractivity contribution < 1.29 is 0 Å². The lowest BCUT2D eigenvalue weighted by Gasteiger charge is -1.77. The van der Waals surface area contributed by atoms with Crippen molar-refractivity contribution in [3.05, 3.63) is 11.6 Å². The number of rotatable bonds is 0. The van der Waals surface area contributed by atoms with Crippen LogP contribution < -0.4 is 5.32 Å². The van der Waals surface area contributed by atoms with E-state index in [2.05, 4.69) is 5.32 Å². The summed E-state index contributed by atoms with van der Waals surface area (Å²) in [7, 11) is 0. The zero-order valence-electron chi connectivity index (χ0n) is 6.77. The van der Waals surface area contributed by atoms with Gasteiger partial charge in [-0.25, -0.2) is 0 Å². The molecule has 0 bridgehead atoms. The Morgan fingerprint density at radius 1 is 1.22 bits per heavy atom. The van der Waals surface area contributed by atoms with Crippen LogP contribution in [0.1, 0.15) is 27.7 Å². The van der Waals surface area contributed by atoms with Crippen LogP contribution in [-0.2, 0) is 0 Å². The first kappa shape index (κ1) is 11.7. The summed E-state index contributed by atoms with van der Waals surface area (Å²) in [5.74, 6) is 1.06. The molecule has 1 N–H and O–H groups in total. The first-order valence-electron chi connectivity index (χ1n) is 3.50. The molecule has 2 heteroatoms. The van der Waals surface area contributed by atoms with Gasteiger partial charge in [0.1, 0.15) is 0 Å². The average Bonchev–Trinajstić information content (AvgIpc) is 2.51. The minimum atomic E-state index is 1.06. The maximum atomic E-state index is 3.00. The normalized spacial score (nSPS) is 12.0. The number of hydrogen-bond acceptors (Lipinski definition) is 2. The summed E-state index contributed by atoms with van der Waals surface area (Å²) in [6, 6.07) is 0. The lowest BCUT2D eigenvalue weighted by Crippen LogP contribution is -1.93. The van der Waals surface area contributed by atoms with E-state index in [0.717, 1.165) is 5.88 Å². The van der Waals surface area contributed by atoms with Gasteiger partial charge in [-0.3, -0.25) is 0 Å². The molecule has 0 unspecified atom stereocenters. The molecule has 1 nitrogen and oxygen atoms in total. The molecule has 0 aliphatic carbocycles. The third kappa shape index (κ3) is 11.4. The topological polar surface area (TPSA) is 12.0 Å². The quantitative estimate of drug-likeness (QED) is 0.565. The van der Waals surface area contributed by atoms with E-state index in [4.69, 9.17) is 0 Å². The van der Waals surface area contributed by atoms with Crippen LogP contribution in [0.4, 0.5) is 0 Å². The molecule has 1 rings (SSSR count). The third-order valence-electron chi connectivity index (χ3n) is 0.449. The molecule has 0 aromatic heterocycles. The van der Waals surface area contributed by atoms with Crippen LogP contribution in [0.2, 0.25) is 0 Å². The van der Waals surface area contributed by atoms with E-state index in [0.29, 0.717) is 0 Å². The summed E-state index contributed by atoms with van der Waals surface area (Å²) in [5.41, 5.74) is 0. The van der Waals surface area contributed by atoms with Gasteiger partial charge in [0.05, 0.1) is 5.88 Å². The SMILES string of the molecule is C1=CSCN1.CC.CC. The molecule has 0 amide bonds. The summed E-state index contributed by atoms with van der Waals surface area (Å²) in [6.45, 7) is 8.00. The second-order valence-corrected chi connectivity index (χ2v) is 1.71. The molecule has 1 aliphatic heterocycles. The highest BCUT2D eigenvalue weighted by Gasteiger charge is 1.81. The van der Waals surface area contributed by atoms with E-state index in [9.17, 15) is 0 Å². The standard InChI is InChI=1S/C3H5NS.2C2H6/c1-2-5-3-4-1;2*1-2/h1-2,4H,3H2;2*1-2H3. The maximum Gasteiger partial charge on any atom is 0.0646 e. The molecule has 56 valence electrons. The molecule has 0 aromatic rings. The predicted molar refractivity (Wildman–Crippen MR) is 47.4 cm³/mol. The monoisotopic (exact) mass is 147 g/mol. The lowest BCUT2D eigenvalue weighted by molar-refractivity contribution is 1.08. The highest BCUT2D eigenvalue weighted by Crippen LogP contribution is 2.02. The van der Waals surface area contributed by atoms with Crippen molar-refractivity contribution in [2.75, 3.05) is 5.88 Å². The molecule has 0 fully saturated rings. The molecule has 1 aliphatic rings. The smallest absolute Gasteiger partial charge is 0.0646 e. The number of thioether (sulfide) groups is 1. The van der Waals surface area contributed by atoms with Crippen LogP contribution >= 0.6 is 11.8 Å². The van der Waals surface area contributed by atoms with Gasteiger partial charge in [0, 0.05) is 6.20 Å². The van der Waals surface area contributed by atoms with Gasteiger partial charge in [0.2, 0.25) is 0 Å². The van der Waals surface area contributed by atoms with Crippen molar-refractivity contribution >= 4 is 11.8 Å². The minimum absolute atomic E-state index is 1.06. The fourth-order valence-electron chi connectivity index (χ4n) is 0.241. The summed E-state index contributed by atoms with van der Waals surface area (Å²) < 4.78 is 0. The van der Waals surface area contributed by atoms with Gasteiger partial charge in [-0.15, -0.1) is 11.8 Å². The van der Waals surface area contributed by atoms with E-state index in [1.54, 1.807) is 11.8 Å². The van der Waals surface area contributed by atoms with Crippen molar-refractivity contribution in [3.63, 3.8) is 0 Å². The predicted octanol–water partition coefficient (Wildman–Crippen LogP) is 2.80. The van der Waals surface area contributed by atoms with Gasteiger partial charge in [-0.2, -0.15) is 0 Å². The van der Waals surface area contributed by atoms with Crippen LogP contribution in [0, 0.1) is 0 Å². The first-order chi connectivity index (χ1) is 4.50. The van der Waals surface area contributed by atoms with Crippen molar-refractivity contribution in [3.8, 4) is 0 Å². The molecule has 0 saturated carbocycles. The molecule has 9 heavy (non-hydrogen) atoms. The Kier molecular flexibility index (Phi) is 20.3. The molecule has 0 radical (unpaired) electrons. The van der Waals surface area contributed by atoms with Crippen molar-refractivity contribution in [1.29, 1.82) is 0 Å². The Balaban J connectivity index is 0. The molecule has 0 saturated heterocycles. The van der Waals surface area contributed by atoms with Crippen LogP contribution in [0.3, 0.4) is 0 Å². The Morgan fingerprint density at radius 2 is 1.78 bits per heavy atom. The second-order valence-electron chi connectivity index (χ2n) is 0.818. The van der Waals surface area contributed by atoms with Gasteiger partial charge in [0.15, 0.2) is 0 Å². The van der Waals surface area contributed by atoms with Gasteiger partial charge in [0.25, 0.3) is 0 Å². The summed E-state index contributed by atoms with van der Waals surface area (Å²) >= 11 is 1.78. The third-order valence-corrected chi connectivity index (χ3v) is 1.11. The van der Waals surface area contributed by atoms with E-state index < -0.39 is 0 Å². The minimum Gasteiger partial charge on any atom is -0.381 e. The Bertz CT molecular complexity index is 46.9. The largest absolute Gasteiger partial charge is 0.381 e.